The fourth-order valence-corrected chi connectivity index (χ4v) is 3.42. The molecule has 106 valence electrons. The summed E-state index contributed by atoms with van der Waals surface area (Å²) in [5.41, 5.74) is 0.243. The van der Waals surface area contributed by atoms with Gasteiger partial charge in [-0.3, -0.25) is 4.90 Å². The molecule has 3 nitrogen and oxygen atoms in total. The molecule has 0 bridgehead atoms. The molecule has 0 spiro atoms. The highest BCUT2D eigenvalue weighted by atomic mass is 16.5. The first kappa shape index (κ1) is 14.3. The normalized spacial score (nSPS) is 38.0. The molecule has 3 atom stereocenters. The molecule has 2 saturated heterocycles. The van der Waals surface area contributed by atoms with Gasteiger partial charge in [0, 0.05) is 37.3 Å². The van der Waals surface area contributed by atoms with Crippen LogP contribution in [-0.2, 0) is 4.74 Å². The first-order valence-electron chi connectivity index (χ1n) is 7.51. The largest absolute Gasteiger partial charge is 0.378 e. The molecule has 3 unspecified atom stereocenters. The Morgan fingerprint density at radius 3 is 2.67 bits per heavy atom. The molecule has 0 aromatic carbocycles. The number of nitrogens with one attached hydrogen (secondary N) is 1. The van der Waals surface area contributed by atoms with E-state index in [2.05, 4.69) is 44.8 Å². The summed E-state index contributed by atoms with van der Waals surface area (Å²) in [4.78, 5) is 2.76. The molecule has 0 radical (unpaired) electrons. The summed E-state index contributed by atoms with van der Waals surface area (Å²) in [6.45, 7) is 14.8. The van der Waals surface area contributed by atoms with E-state index in [-0.39, 0.29) is 5.54 Å². The smallest absolute Gasteiger partial charge is 0.0561 e. The molecule has 18 heavy (non-hydrogen) atoms. The summed E-state index contributed by atoms with van der Waals surface area (Å²) in [5.74, 6) is 0.715. The molecule has 2 heterocycles. The zero-order valence-corrected chi connectivity index (χ0v) is 12.7. The van der Waals surface area contributed by atoms with Crippen LogP contribution in [0, 0.1) is 5.92 Å². The van der Waals surface area contributed by atoms with Crippen LogP contribution >= 0.6 is 0 Å². The number of ether oxygens (including phenoxy) is 1. The second-order valence-corrected chi connectivity index (χ2v) is 7.11. The van der Waals surface area contributed by atoms with E-state index in [1.807, 2.05) is 0 Å². The van der Waals surface area contributed by atoms with Crippen molar-refractivity contribution < 1.29 is 4.74 Å². The number of rotatable bonds is 2. The van der Waals surface area contributed by atoms with Gasteiger partial charge in [-0.05, 0) is 39.5 Å². The van der Waals surface area contributed by atoms with Crippen LogP contribution < -0.4 is 5.32 Å². The van der Waals surface area contributed by atoms with Crippen molar-refractivity contribution in [1.82, 2.24) is 10.2 Å². The third kappa shape index (κ3) is 3.25. The second-order valence-electron chi connectivity index (χ2n) is 7.11. The molecule has 1 N–H and O–H groups in total. The van der Waals surface area contributed by atoms with Gasteiger partial charge in [0.25, 0.3) is 0 Å². The van der Waals surface area contributed by atoms with Gasteiger partial charge in [-0.1, -0.05) is 13.8 Å². The number of nitrogens with zero attached hydrogens (tertiary/aromatic N) is 1. The van der Waals surface area contributed by atoms with Gasteiger partial charge in [-0.2, -0.15) is 0 Å². The number of hydrogen-bond acceptors (Lipinski definition) is 3. The minimum Gasteiger partial charge on any atom is -0.378 e. The lowest BCUT2D eigenvalue weighted by molar-refractivity contribution is -0.0518. The van der Waals surface area contributed by atoms with Crippen molar-refractivity contribution in [3.63, 3.8) is 0 Å². The number of piperazine rings is 1. The first-order valence-corrected chi connectivity index (χ1v) is 7.51. The van der Waals surface area contributed by atoms with E-state index in [4.69, 9.17) is 4.74 Å². The van der Waals surface area contributed by atoms with Gasteiger partial charge in [-0.15, -0.1) is 0 Å². The van der Waals surface area contributed by atoms with Crippen LogP contribution in [-0.4, -0.2) is 48.3 Å². The van der Waals surface area contributed by atoms with Crippen LogP contribution in [0.2, 0.25) is 0 Å². The van der Waals surface area contributed by atoms with Crippen molar-refractivity contribution in [1.29, 1.82) is 0 Å². The van der Waals surface area contributed by atoms with Crippen molar-refractivity contribution in [2.75, 3.05) is 19.7 Å². The molecule has 0 amide bonds. The van der Waals surface area contributed by atoms with E-state index >= 15 is 0 Å². The van der Waals surface area contributed by atoms with Crippen molar-refractivity contribution in [3.05, 3.63) is 0 Å². The zero-order chi connectivity index (χ0) is 13.3. The van der Waals surface area contributed by atoms with E-state index in [1.165, 1.54) is 12.8 Å². The maximum atomic E-state index is 5.70. The van der Waals surface area contributed by atoms with E-state index in [0.29, 0.717) is 24.1 Å². The third-order valence-electron chi connectivity index (χ3n) is 4.49. The molecule has 0 saturated carbocycles. The lowest BCUT2D eigenvalue weighted by Crippen LogP contribution is -2.65. The fourth-order valence-electron chi connectivity index (χ4n) is 3.42. The maximum Gasteiger partial charge on any atom is 0.0561 e. The van der Waals surface area contributed by atoms with Crippen LogP contribution in [0.3, 0.4) is 0 Å². The van der Waals surface area contributed by atoms with E-state index in [0.717, 1.165) is 19.7 Å². The van der Waals surface area contributed by atoms with E-state index < -0.39 is 0 Å². The quantitative estimate of drug-likeness (QED) is 0.818. The topological polar surface area (TPSA) is 24.5 Å². The van der Waals surface area contributed by atoms with Crippen LogP contribution in [0.5, 0.6) is 0 Å². The first-order chi connectivity index (χ1) is 8.39. The van der Waals surface area contributed by atoms with Gasteiger partial charge in [-0.25, -0.2) is 0 Å². The fraction of sp³-hybridized carbons (Fsp3) is 1.00. The second kappa shape index (κ2) is 5.48. The van der Waals surface area contributed by atoms with E-state index in [1.54, 1.807) is 0 Å². The molecule has 0 aromatic heterocycles. The van der Waals surface area contributed by atoms with Gasteiger partial charge in [0.1, 0.15) is 0 Å². The van der Waals surface area contributed by atoms with E-state index in [9.17, 15) is 0 Å². The Hall–Kier alpha value is -0.120. The standard InChI is InChI=1S/C15H30N2O/c1-11(2)14-9-16-15(4,5)10-17(14)13-6-7-18-12(3)8-13/h11-14,16H,6-10H2,1-5H3. The molecule has 0 aromatic rings. The molecular weight excluding hydrogens is 224 g/mol. The Labute approximate surface area is 112 Å². The summed E-state index contributed by atoms with van der Waals surface area (Å²) in [6.07, 6.45) is 2.82. The van der Waals surface area contributed by atoms with Gasteiger partial charge in [0.2, 0.25) is 0 Å². The summed E-state index contributed by atoms with van der Waals surface area (Å²) >= 11 is 0. The van der Waals surface area contributed by atoms with Crippen LogP contribution in [0.25, 0.3) is 0 Å². The van der Waals surface area contributed by atoms with Gasteiger partial charge in [0.05, 0.1) is 6.10 Å². The third-order valence-corrected chi connectivity index (χ3v) is 4.49. The molecule has 0 aliphatic carbocycles. The minimum atomic E-state index is 0.243. The Bertz CT molecular complexity index is 278. The molecular formula is C15H30N2O. The van der Waals surface area contributed by atoms with Crippen molar-refractivity contribution in [3.8, 4) is 0 Å². The highest BCUT2D eigenvalue weighted by molar-refractivity contribution is 4.96. The summed E-state index contributed by atoms with van der Waals surface area (Å²) < 4.78 is 5.70. The molecule has 2 rings (SSSR count). The number of hydrogen-bond donors (Lipinski definition) is 1. The molecule has 2 aliphatic rings. The predicted octanol–water partition coefficient (Wildman–Crippen LogP) is 2.26. The van der Waals surface area contributed by atoms with Gasteiger partial charge < -0.3 is 10.1 Å². The van der Waals surface area contributed by atoms with Crippen molar-refractivity contribution in [2.24, 2.45) is 5.92 Å². The minimum absolute atomic E-state index is 0.243. The Morgan fingerprint density at radius 1 is 1.33 bits per heavy atom. The average Bonchev–Trinajstić information content (AvgIpc) is 2.27. The highest BCUT2D eigenvalue weighted by Gasteiger charge is 2.38. The summed E-state index contributed by atoms with van der Waals surface area (Å²) in [6, 6.07) is 1.39. The van der Waals surface area contributed by atoms with Crippen LogP contribution in [0.4, 0.5) is 0 Å². The Balaban J connectivity index is 2.09. The average molecular weight is 254 g/mol. The van der Waals surface area contributed by atoms with Crippen molar-refractivity contribution in [2.45, 2.75) is 71.2 Å². The Morgan fingerprint density at radius 2 is 2.06 bits per heavy atom. The van der Waals surface area contributed by atoms with Gasteiger partial charge in [0.15, 0.2) is 0 Å². The summed E-state index contributed by atoms with van der Waals surface area (Å²) in [7, 11) is 0. The van der Waals surface area contributed by atoms with Crippen LogP contribution in [0.15, 0.2) is 0 Å². The van der Waals surface area contributed by atoms with Crippen molar-refractivity contribution >= 4 is 0 Å². The summed E-state index contributed by atoms with van der Waals surface area (Å²) in [5, 5.41) is 3.70. The highest BCUT2D eigenvalue weighted by Crippen LogP contribution is 2.28. The lowest BCUT2D eigenvalue weighted by atomic mass is 9.89. The monoisotopic (exact) mass is 254 g/mol. The molecule has 2 aliphatic heterocycles. The van der Waals surface area contributed by atoms with Gasteiger partial charge >= 0.3 is 0 Å². The van der Waals surface area contributed by atoms with Crippen LogP contribution in [0.1, 0.15) is 47.5 Å². The predicted molar refractivity (Wildman–Crippen MR) is 75.8 cm³/mol. The lowest BCUT2D eigenvalue weighted by Gasteiger charge is -2.51. The maximum absolute atomic E-state index is 5.70. The Kier molecular flexibility index (Phi) is 4.35. The molecule has 2 fully saturated rings. The molecule has 3 heteroatoms. The zero-order valence-electron chi connectivity index (χ0n) is 12.7. The SMILES string of the molecule is CC1CC(N2CC(C)(C)NCC2C(C)C)CCO1.